The summed E-state index contributed by atoms with van der Waals surface area (Å²) in [5.74, 6) is 2.27. The van der Waals surface area contributed by atoms with Gasteiger partial charge in [-0.2, -0.15) is 4.68 Å². The Morgan fingerprint density at radius 2 is 1.88 bits per heavy atom. The Labute approximate surface area is 164 Å². The molecule has 1 aromatic heterocycles. The van der Waals surface area contributed by atoms with Gasteiger partial charge in [0.15, 0.2) is 11.5 Å². The van der Waals surface area contributed by atoms with Gasteiger partial charge in [-0.05, 0) is 53.6 Å². The number of tetrazole rings is 1. The van der Waals surface area contributed by atoms with Crippen LogP contribution in [-0.4, -0.2) is 33.4 Å². The number of thioether (sulfide) groups is 1. The van der Waals surface area contributed by atoms with E-state index in [1.165, 1.54) is 5.56 Å². The normalized spacial score (nSPS) is 13.0. The molecule has 2 aromatic carbocycles. The van der Waals surface area contributed by atoms with Gasteiger partial charge < -0.3 is 9.47 Å². The highest BCUT2D eigenvalue weighted by atomic mass is 79.9. The number of fused-ring (bicyclic) bond motifs is 1. The van der Waals surface area contributed by atoms with Crippen molar-refractivity contribution < 1.29 is 9.47 Å². The molecule has 6 nitrogen and oxygen atoms in total. The summed E-state index contributed by atoms with van der Waals surface area (Å²) in [7, 11) is 0. The summed E-state index contributed by atoms with van der Waals surface area (Å²) >= 11 is 5.20. The Balaban J connectivity index is 1.57. The smallest absolute Gasteiger partial charge is 0.214 e. The molecule has 0 N–H and O–H groups in total. The number of hydrogen-bond donors (Lipinski definition) is 0. The average molecular weight is 433 g/mol. The molecule has 0 amide bonds. The first-order chi connectivity index (χ1) is 12.6. The molecule has 8 heteroatoms. The van der Waals surface area contributed by atoms with Gasteiger partial charge in [-0.1, -0.05) is 45.4 Å². The quantitative estimate of drug-likeness (QED) is 0.578. The van der Waals surface area contributed by atoms with E-state index in [9.17, 15) is 0 Å². The molecule has 2 heterocycles. The number of halogens is 1. The third kappa shape index (κ3) is 3.43. The zero-order valence-corrected chi connectivity index (χ0v) is 16.8. The number of nitrogens with zero attached hydrogens (tertiary/aromatic N) is 4. The van der Waals surface area contributed by atoms with Crippen LogP contribution in [0.5, 0.6) is 11.5 Å². The second kappa shape index (κ2) is 7.28. The van der Waals surface area contributed by atoms with Gasteiger partial charge in [0.05, 0.1) is 5.69 Å². The molecule has 1 aliphatic rings. The van der Waals surface area contributed by atoms with Gasteiger partial charge in [0, 0.05) is 10.2 Å². The van der Waals surface area contributed by atoms with Gasteiger partial charge in [0.25, 0.3) is 0 Å². The molecule has 0 atom stereocenters. The van der Waals surface area contributed by atoms with Crippen molar-refractivity contribution in [2.24, 2.45) is 0 Å². The molecular formula is C18H17BrN4O2S. The summed E-state index contributed by atoms with van der Waals surface area (Å²) < 4.78 is 14.1. The molecule has 4 rings (SSSR count). The van der Waals surface area contributed by atoms with Gasteiger partial charge in [-0.3, -0.25) is 0 Å². The summed E-state index contributed by atoms with van der Waals surface area (Å²) in [6, 6.07) is 10.2. The minimum absolute atomic E-state index is 0.576. The monoisotopic (exact) mass is 432 g/mol. The van der Waals surface area contributed by atoms with Gasteiger partial charge in [0.2, 0.25) is 5.16 Å². The van der Waals surface area contributed by atoms with Crippen LogP contribution in [-0.2, 0) is 5.75 Å². The van der Waals surface area contributed by atoms with E-state index in [0.717, 1.165) is 37.9 Å². The molecular weight excluding hydrogens is 416 g/mol. The highest BCUT2D eigenvalue weighted by Gasteiger charge is 2.17. The van der Waals surface area contributed by atoms with Crippen LogP contribution < -0.4 is 9.47 Å². The SMILES string of the molecule is Cc1ccc(-n2nnnc2SCc2cc3c(cc2Br)OCCO3)c(C)c1. The number of benzene rings is 2. The molecule has 0 radical (unpaired) electrons. The predicted molar refractivity (Wildman–Crippen MR) is 103 cm³/mol. The summed E-state index contributed by atoms with van der Waals surface area (Å²) in [5, 5.41) is 12.9. The summed E-state index contributed by atoms with van der Waals surface area (Å²) in [4.78, 5) is 0. The van der Waals surface area contributed by atoms with E-state index in [4.69, 9.17) is 9.47 Å². The molecule has 26 heavy (non-hydrogen) atoms. The van der Waals surface area contributed by atoms with Crippen LogP contribution in [0.25, 0.3) is 5.69 Å². The lowest BCUT2D eigenvalue weighted by molar-refractivity contribution is 0.171. The molecule has 0 saturated carbocycles. The highest BCUT2D eigenvalue weighted by molar-refractivity contribution is 9.10. The lowest BCUT2D eigenvalue weighted by Crippen LogP contribution is -2.15. The van der Waals surface area contributed by atoms with Crippen molar-refractivity contribution in [2.75, 3.05) is 13.2 Å². The van der Waals surface area contributed by atoms with Crippen LogP contribution in [0, 0.1) is 13.8 Å². The van der Waals surface area contributed by atoms with Crippen molar-refractivity contribution in [1.29, 1.82) is 0 Å². The average Bonchev–Trinajstić information content (AvgIpc) is 3.08. The Kier molecular flexibility index (Phi) is 4.86. The first-order valence-electron chi connectivity index (χ1n) is 8.18. The zero-order valence-electron chi connectivity index (χ0n) is 14.4. The van der Waals surface area contributed by atoms with Crippen LogP contribution in [0.3, 0.4) is 0 Å². The predicted octanol–water partition coefficient (Wildman–Crippen LogP) is 4.11. The van der Waals surface area contributed by atoms with E-state index < -0.39 is 0 Å². The summed E-state index contributed by atoms with van der Waals surface area (Å²) in [6.07, 6.45) is 0. The fourth-order valence-corrected chi connectivity index (χ4v) is 4.35. The van der Waals surface area contributed by atoms with Crippen molar-refractivity contribution in [2.45, 2.75) is 24.8 Å². The molecule has 0 fully saturated rings. The van der Waals surface area contributed by atoms with Gasteiger partial charge in [-0.25, -0.2) is 0 Å². The lowest BCUT2D eigenvalue weighted by atomic mass is 10.1. The number of hydrogen-bond acceptors (Lipinski definition) is 6. The molecule has 134 valence electrons. The topological polar surface area (TPSA) is 62.1 Å². The standard InChI is InChI=1S/C18H17BrN4O2S/c1-11-3-4-15(12(2)7-11)23-18(20-21-22-23)26-10-13-8-16-17(9-14(13)19)25-6-5-24-16/h3-4,7-9H,5-6,10H2,1-2H3. The fourth-order valence-electron chi connectivity index (χ4n) is 2.82. The minimum Gasteiger partial charge on any atom is -0.486 e. The van der Waals surface area contributed by atoms with Crippen LogP contribution in [0.15, 0.2) is 40.0 Å². The third-order valence-corrected chi connectivity index (χ3v) is 5.80. The number of aromatic nitrogens is 4. The Morgan fingerprint density at radius 3 is 2.65 bits per heavy atom. The summed E-state index contributed by atoms with van der Waals surface area (Å²) in [6.45, 7) is 5.30. The van der Waals surface area contributed by atoms with E-state index in [1.807, 2.05) is 18.2 Å². The van der Waals surface area contributed by atoms with E-state index in [2.05, 4.69) is 57.4 Å². The van der Waals surface area contributed by atoms with Gasteiger partial charge >= 0.3 is 0 Å². The molecule has 0 spiro atoms. The Bertz CT molecular complexity index is 960. The van der Waals surface area contributed by atoms with Crippen LogP contribution in [0.1, 0.15) is 16.7 Å². The maximum atomic E-state index is 5.68. The van der Waals surface area contributed by atoms with Crippen LogP contribution >= 0.6 is 27.7 Å². The fraction of sp³-hybridized carbons (Fsp3) is 0.278. The van der Waals surface area contributed by atoms with E-state index >= 15 is 0 Å². The van der Waals surface area contributed by atoms with Crippen molar-refractivity contribution in [3.63, 3.8) is 0 Å². The summed E-state index contributed by atoms with van der Waals surface area (Å²) in [5.41, 5.74) is 4.45. The van der Waals surface area contributed by atoms with E-state index in [-0.39, 0.29) is 0 Å². The second-order valence-corrected chi connectivity index (χ2v) is 7.84. The lowest BCUT2D eigenvalue weighted by Gasteiger charge is -2.19. The minimum atomic E-state index is 0.576. The van der Waals surface area contributed by atoms with Gasteiger partial charge in [0.1, 0.15) is 13.2 Å². The maximum Gasteiger partial charge on any atom is 0.214 e. The molecule has 3 aromatic rings. The van der Waals surface area contributed by atoms with Crippen molar-refractivity contribution in [3.05, 3.63) is 51.5 Å². The Hall–Kier alpha value is -2.06. The molecule has 0 saturated heterocycles. The van der Waals surface area contributed by atoms with Crippen LogP contribution in [0.4, 0.5) is 0 Å². The number of aryl methyl sites for hydroxylation is 2. The van der Waals surface area contributed by atoms with Crippen molar-refractivity contribution in [1.82, 2.24) is 20.2 Å². The van der Waals surface area contributed by atoms with E-state index in [1.54, 1.807) is 16.4 Å². The molecule has 0 bridgehead atoms. The number of rotatable bonds is 4. The molecule has 1 aliphatic heterocycles. The maximum absolute atomic E-state index is 5.68. The highest BCUT2D eigenvalue weighted by Crippen LogP contribution is 2.37. The van der Waals surface area contributed by atoms with E-state index in [0.29, 0.717) is 19.0 Å². The first kappa shape index (κ1) is 17.4. The van der Waals surface area contributed by atoms with Crippen molar-refractivity contribution in [3.8, 4) is 17.2 Å². The largest absolute Gasteiger partial charge is 0.486 e. The van der Waals surface area contributed by atoms with Gasteiger partial charge in [-0.15, -0.1) is 5.10 Å². The zero-order chi connectivity index (χ0) is 18.1. The first-order valence-corrected chi connectivity index (χ1v) is 9.96. The van der Waals surface area contributed by atoms with Crippen LogP contribution in [0.2, 0.25) is 0 Å². The molecule has 0 aliphatic carbocycles. The van der Waals surface area contributed by atoms with Crippen molar-refractivity contribution >= 4 is 27.7 Å². The molecule has 0 unspecified atom stereocenters. The Morgan fingerprint density at radius 1 is 1.12 bits per heavy atom. The number of ether oxygens (including phenoxy) is 2. The third-order valence-electron chi connectivity index (χ3n) is 4.09. The second-order valence-electron chi connectivity index (χ2n) is 6.04.